The summed E-state index contributed by atoms with van der Waals surface area (Å²) in [5.74, 6) is 0. The zero-order valence-electron chi connectivity index (χ0n) is 23.2. The molecule has 0 aliphatic heterocycles. The molecule has 0 radical (unpaired) electrons. The number of hydrogen-bond acceptors (Lipinski definition) is 1. The van der Waals surface area contributed by atoms with E-state index in [1.807, 2.05) is 0 Å². The Bertz CT molecular complexity index is 2530. The maximum atomic E-state index is 5.51. The fourth-order valence-electron chi connectivity index (χ4n) is 6.74. The van der Waals surface area contributed by atoms with E-state index in [9.17, 15) is 0 Å². The number of rotatable bonds is 3. The molecular formula is C39H25N2PSe. The quantitative estimate of drug-likeness (QED) is 0.109. The van der Waals surface area contributed by atoms with E-state index in [1.54, 1.807) is 0 Å². The Balaban J connectivity index is 1.43. The van der Waals surface area contributed by atoms with E-state index >= 15 is 0 Å². The Labute approximate surface area is 256 Å². The minimum absolute atomic E-state index is 1.00. The number of fused-ring (bicyclic) bond motifs is 10. The normalized spacial score (nSPS) is 12.3. The Hall–Kier alpha value is -4.52. The van der Waals surface area contributed by atoms with Crippen molar-refractivity contribution >= 4 is 96.4 Å². The third-order valence-corrected chi connectivity index (χ3v) is 15.7. The molecule has 0 aliphatic carbocycles. The van der Waals surface area contributed by atoms with E-state index in [0.29, 0.717) is 0 Å². The van der Waals surface area contributed by atoms with E-state index in [-0.39, 0.29) is 0 Å². The van der Waals surface area contributed by atoms with Gasteiger partial charge in [-0.05, 0) is 0 Å². The van der Waals surface area contributed by atoms with E-state index in [4.69, 9.17) is 4.98 Å². The van der Waals surface area contributed by atoms with Gasteiger partial charge in [-0.2, -0.15) is 0 Å². The predicted molar refractivity (Wildman–Crippen MR) is 187 cm³/mol. The SMILES string of the molecule is [Se]=P(c1ccc2ccccc2c1)(c1ccc2ccccc2c1)c1cccc2c1nc1c3ccccc3c3ccccc3n21. The molecule has 202 valence electrons. The van der Waals surface area contributed by atoms with Gasteiger partial charge in [-0.25, -0.2) is 0 Å². The molecule has 2 nitrogen and oxygen atoms in total. The van der Waals surface area contributed by atoms with Crippen LogP contribution < -0.4 is 15.9 Å². The molecule has 43 heavy (non-hydrogen) atoms. The second kappa shape index (κ2) is 9.49. The summed E-state index contributed by atoms with van der Waals surface area (Å²) in [4.78, 5) is 5.51. The Morgan fingerprint density at radius 3 is 1.67 bits per heavy atom. The van der Waals surface area contributed by atoms with Gasteiger partial charge < -0.3 is 0 Å². The number of para-hydroxylation sites is 2. The zero-order valence-corrected chi connectivity index (χ0v) is 25.8. The number of imidazole rings is 1. The molecule has 7 aromatic carbocycles. The van der Waals surface area contributed by atoms with Gasteiger partial charge in [-0.3, -0.25) is 0 Å². The van der Waals surface area contributed by atoms with Gasteiger partial charge in [0.25, 0.3) is 0 Å². The molecule has 9 rings (SSSR count). The van der Waals surface area contributed by atoms with Crippen LogP contribution in [0.25, 0.3) is 59.9 Å². The summed E-state index contributed by atoms with van der Waals surface area (Å²) < 4.78 is 2.36. The van der Waals surface area contributed by atoms with Crippen molar-refractivity contribution < 1.29 is 0 Å². The molecule has 0 N–H and O–H groups in total. The van der Waals surface area contributed by atoms with E-state index < -0.39 is 5.51 Å². The van der Waals surface area contributed by atoms with Crippen LogP contribution in [-0.2, 0) is 0 Å². The van der Waals surface area contributed by atoms with Crippen LogP contribution in [-0.4, -0.2) is 24.5 Å². The fraction of sp³-hybridized carbons (Fsp3) is 0. The Morgan fingerprint density at radius 1 is 0.465 bits per heavy atom. The van der Waals surface area contributed by atoms with Gasteiger partial charge in [-0.15, -0.1) is 0 Å². The summed E-state index contributed by atoms with van der Waals surface area (Å²) in [7, 11) is 0. The first-order chi connectivity index (χ1) is 21.2. The zero-order chi connectivity index (χ0) is 28.5. The topological polar surface area (TPSA) is 17.3 Å². The van der Waals surface area contributed by atoms with Crippen LogP contribution in [0.3, 0.4) is 0 Å². The average Bonchev–Trinajstić information content (AvgIpc) is 3.48. The van der Waals surface area contributed by atoms with Crippen molar-refractivity contribution in [1.82, 2.24) is 9.38 Å². The molecular weight excluding hydrogens is 606 g/mol. The van der Waals surface area contributed by atoms with Gasteiger partial charge in [0.1, 0.15) is 0 Å². The number of hydrogen-bond donors (Lipinski definition) is 0. The summed E-state index contributed by atoms with van der Waals surface area (Å²) in [6.07, 6.45) is 0. The number of nitrogens with zero attached hydrogens (tertiary/aromatic N) is 2. The van der Waals surface area contributed by atoms with Gasteiger partial charge in [0, 0.05) is 0 Å². The molecule has 0 amide bonds. The second-order valence-corrected chi connectivity index (χ2v) is 17.3. The number of benzene rings is 7. The maximum absolute atomic E-state index is 5.51. The molecule has 4 heteroatoms. The summed E-state index contributed by atoms with van der Waals surface area (Å²) in [5, 5.41) is 12.5. The van der Waals surface area contributed by atoms with Crippen LogP contribution in [0, 0.1) is 0 Å². The first-order valence-corrected chi connectivity index (χ1v) is 18.5. The Kier molecular flexibility index (Phi) is 5.52. The van der Waals surface area contributed by atoms with E-state index in [0.717, 1.165) is 16.7 Å². The number of aromatic nitrogens is 2. The molecule has 0 bridgehead atoms. The van der Waals surface area contributed by atoms with Crippen LogP contribution >= 0.6 is 5.51 Å². The monoisotopic (exact) mass is 632 g/mol. The average molecular weight is 632 g/mol. The minimum atomic E-state index is -2.26. The van der Waals surface area contributed by atoms with Gasteiger partial charge in [0.2, 0.25) is 0 Å². The molecule has 0 saturated heterocycles. The van der Waals surface area contributed by atoms with Gasteiger partial charge in [0.05, 0.1) is 0 Å². The predicted octanol–water partition coefficient (Wildman–Crippen LogP) is 8.48. The molecule has 0 unspecified atom stereocenters. The molecule has 0 saturated carbocycles. The summed E-state index contributed by atoms with van der Waals surface area (Å²) in [5.41, 5.74) is 2.11. The molecule has 2 aromatic heterocycles. The van der Waals surface area contributed by atoms with Crippen molar-refractivity contribution in [2.45, 2.75) is 0 Å². The van der Waals surface area contributed by atoms with Crippen LogP contribution in [0.4, 0.5) is 0 Å². The van der Waals surface area contributed by atoms with Crippen molar-refractivity contribution in [1.29, 1.82) is 0 Å². The van der Waals surface area contributed by atoms with Crippen LogP contribution in [0.15, 0.2) is 152 Å². The summed E-state index contributed by atoms with van der Waals surface area (Å²) in [6, 6.07) is 55.3. The van der Waals surface area contributed by atoms with Crippen molar-refractivity contribution in [3.05, 3.63) is 152 Å². The van der Waals surface area contributed by atoms with Gasteiger partial charge >= 0.3 is 257 Å². The van der Waals surface area contributed by atoms with Crippen LogP contribution in [0.5, 0.6) is 0 Å². The van der Waals surface area contributed by atoms with Gasteiger partial charge in [0.15, 0.2) is 0 Å². The molecule has 2 heterocycles. The third kappa shape index (κ3) is 3.66. The van der Waals surface area contributed by atoms with Crippen molar-refractivity contribution in [2.75, 3.05) is 0 Å². The van der Waals surface area contributed by atoms with Crippen molar-refractivity contribution in [3.63, 3.8) is 0 Å². The van der Waals surface area contributed by atoms with E-state index in [2.05, 4.69) is 171 Å². The summed E-state index contributed by atoms with van der Waals surface area (Å²) in [6.45, 7) is 0. The first kappa shape index (κ1) is 25.0. The second-order valence-electron chi connectivity index (χ2n) is 11.2. The third-order valence-electron chi connectivity index (χ3n) is 8.80. The molecule has 0 spiro atoms. The first-order valence-electron chi connectivity index (χ1n) is 14.5. The number of pyridine rings is 1. The molecule has 9 aromatic rings. The molecule has 0 fully saturated rings. The van der Waals surface area contributed by atoms with Crippen molar-refractivity contribution in [3.8, 4) is 0 Å². The fourth-order valence-corrected chi connectivity index (χ4v) is 11.9. The van der Waals surface area contributed by atoms with Crippen LogP contribution in [0.1, 0.15) is 0 Å². The standard InChI is InChI=1S/C39H25N2PSe/c43-42(30-22-20-26-10-1-3-12-28(26)24-30,31-23-21-27-11-2-4-13-29(27)25-31)37-19-9-18-36-38(37)40-39-34-16-6-5-14-32(34)33-15-7-8-17-35(33)41(36)39/h1-25H. The summed E-state index contributed by atoms with van der Waals surface area (Å²) >= 11 is 3.84. The Morgan fingerprint density at radius 2 is 1.00 bits per heavy atom. The van der Waals surface area contributed by atoms with E-state index in [1.165, 1.54) is 59.1 Å². The van der Waals surface area contributed by atoms with Crippen LogP contribution in [0.2, 0.25) is 0 Å². The molecule has 0 atom stereocenters. The molecule has 0 aliphatic rings. The van der Waals surface area contributed by atoms with Gasteiger partial charge in [-0.1, -0.05) is 0 Å². The van der Waals surface area contributed by atoms with Crippen molar-refractivity contribution in [2.24, 2.45) is 0 Å².